The number of pyridine rings is 1. The van der Waals surface area contributed by atoms with Gasteiger partial charge in [0.25, 0.3) is 0 Å². The molecule has 0 fully saturated rings. The summed E-state index contributed by atoms with van der Waals surface area (Å²) in [5.74, 6) is -4.06. The lowest BCUT2D eigenvalue weighted by atomic mass is 9.83. The molecular weight excluding hydrogens is 447 g/mol. The molecule has 3 aromatic rings. The van der Waals surface area contributed by atoms with Crippen LogP contribution in [0.15, 0.2) is 52.3 Å². The van der Waals surface area contributed by atoms with Crippen molar-refractivity contribution < 1.29 is 31.8 Å². The monoisotopic (exact) mass is 468 g/mol. The van der Waals surface area contributed by atoms with Gasteiger partial charge in [-0.1, -0.05) is 19.1 Å². The van der Waals surface area contributed by atoms with Gasteiger partial charge in [0.05, 0.1) is 18.3 Å². The predicted molar refractivity (Wildman–Crippen MR) is 114 cm³/mol. The van der Waals surface area contributed by atoms with Gasteiger partial charge >= 0.3 is 6.18 Å². The first-order valence-corrected chi connectivity index (χ1v) is 9.99. The number of alkyl halides is 3. The molecule has 0 saturated heterocycles. The number of aromatic amines is 1. The normalized spacial score (nSPS) is 15.0. The summed E-state index contributed by atoms with van der Waals surface area (Å²) in [6, 6.07) is 9.05. The molecule has 0 aliphatic rings. The minimum absolute atomic E-state index is 0.00212. The van der Waals surface area contributed by atoms with Crippen LogP contribution in [0.25, 0.3) is 10.9 Å². The fourth-order valence-corrected chi connectivity index (χ4v) is 3.63. The summed E-state index contributed by atoms with van der Waals surface area (Å²) in [7, 11) is 1.08. The fraction of sp³-hybridized carbons (Fsp3) is 0.304. The molecule has 0 amide bonds. The Bertz CT molecular complexity index is 1240. The maximum Gasteiger partial charge on any atom is 0.422 e. The molecule has 0 aliphatic carbocycles. The molecule has 176 valence electrons. The number of halogens is 5. The van der Waals surface area contributed by atoms with Gasteiger partial charge in [0, 0.05) is 23.2 Å². The standard InChI is InChI=1S/C23H21F5N2O3/c1-3-13(14-7-9-16(24)20(25)21(14)33-2)11-22(32,23(26,27)28)12-29-17-5-4-6-18-15(17)8-10-19(31)30-18/h4-10,12-13,32H,3,11H2,1-2H3,(H,30,31). The van der Waals surface area contributed by atoms with Crippen LogP contribution in [-0.2, 0) is 0 Å². The van der Waals surface area contributed by atoms with Crippen LogP contribution in [0.1, 0.15) is 31.2 Å². The van der Waals surface area contributed by atoms with Crippen LogP contribution in [0.3, 0.4) is 0 Å². The molecule has 2 N–H and O–H groups in total. The smallest absolute Gasteiger partial charge is 0.422 e. The van der Waals surface area contributed by atoms with Crippen molar-refractivity contribution in [3.8, 4) is 5.75 Å². The van der Waals surface area contributed by atoms with Crippen molar-refractivity contribution in [3.63, 3.8) is 0 Å². The molecule has 2 aromatic carbocycles. The molecular formula is C23H21F5N2O3. The van der Waals surface area contributed by atoms with Crippen molar-refractivity contribution in [2.75, 3.05) is 7.11 Å². The van der Waals surface area contributed by atoms with Crippen LogP contribution in [0, 0.1) is 11.6 Å². The summed E-state index contributed by atoms with van der Waals surface area (Å²) in [5, 5.41) is 11.0. The highest BCUT2D eigenvalue weighted by Gasteiger charge is 2.53. The summed E-state index contributed by atoms with van der Waals surface area (Å²) in [6.45, 7) is 1.56. The number of ether oxygens (including phenoxy) is 1. The molecule has 10 heteroatoms. The van der Waals surface area contributed by atoms with Gasteiger partial charge in [0.2, 0.25) is 11.4 Å². The maximum atomic E-state index is 14.1. The molecule has 2 atom stereocenters. The summed E-state index contributed by atoms with van der Waals surface area (Å²) in [6.07, 6.45) is -5.56. The molecule has 0 bridgehead atoms. The molecule has 0 radical (unpaired) electrons. The summed E-state index contributed by atoms with van der Waals surface area (Å²) in [5.41, 5.74) is -3.30. The second kappa shape index (κ2) is 9.30. The Balaban J connectivity index is 2.04. The number of aromatic nitrogens is 1. The van der Waals surface area contributed by atoms with Gasteiger partial charge in [-0.25, -0.2) is 4.39 Å². The molecule has 0 spiro atoms. The van der Waals surface area contributed by atoms with E-state index in [1.165, 1.54) is 24.3 Å². The SMILES string of the molecule is CCC(CC(O)(C=Nc1cccc2[nH]c(=O)ccc12)C(F)(F)F)c1ccc(F)c(F)c1OC. The van der Waals surface area contributed by atoms with Crippen LogP contribution in [0.2, 0.25) is 0 Å². The third-order valence-electron chi connectivity index (χ3n) is 5.43. The lowest BCUT2D eigenvalue weighted by molar-refractivity contribution is -0.232. The third kappa shape index (κ3) is 4.90. The third-order valence-corrected chi connectivity index (χ3v) is 5.43. The van der Waals surface area contributed by atoms with E-state index in [4.69, 9.17) is 4.74 Å². The van der Waals surface area contributed by atoms with Crippen molar-refractivity contribution >= 4 is 22.8 Å². The zero-order valence-electron chi connectivity index (χ0n) is 17.7. The largest absolute Gasteiger partial charge is 0.493 e. The van der Waals surface area contributed by atoms with Crippen LogP contribution < -0.4 is 10.3 Å². The Kier molecular flexibility index (Phi) is 6.87. The highest BCUT2D eigenvalue weighted by Crippen LogP contribution is 2.42. The summed E-state index contributed by atoms with van der Waals surface area (Å²) in [4.78, 5) is 17.9. The maximum absolute atomic E-state index is 14.1. The number of aliphatic hydroxyl groups is 1. The van der Waals surface area contributed by atoms with Gasteiger partial charge in [0.1, 0.15) is 0 Å². The van der Waals surface area contributed by atoms with Crippen molar-refractivity contribution in [3.05, 3.63) is 70.0 Å². The number of methoxy groups -OCH3 is 1. The predicted octanol–water partition coefficient (Wildman–Crippen LogP) is 5.39. The number of nitrogens with zero attached hydrogens (tertiary/aromatic N) is 1. The summed E-state index contributed by atoms with van der Waals surface area (Å²) < 4.78 is 74.5. The first-order valence-electron chi connectivity index (χ1n) is 9.99. The first kappa shape index (κ1) is 24.4. The zero-order chi connectivity index (χ0) is 24.4. The molecule has 2 unspecified atom stereocenters. The van der Waals surface area contributed by atoms with Crippen LogP contribution in [0.5, 0.6) is 5.75 Å². The van der Waals surface area contributed by atoms with E-state index < -0.39 is 41.5 Å². The van der Waals surface area contributed by atoms with E-state index in [9.17, 15) is 31.9 Å². The molecule has 1 heterocycles. The highest BCUT2D eigenvalue weighted by molar-refractivity contribution is 5.91. The quantitative estimate of drug-likeness (QED) is 0.361. The Labute approximate surface area is 185 Å². The van der Waals surface area contributed by atoms with E-state index in [-0.39, 0.29) is 23.2 Å². The van der Waals surface area contributed by atoms with Crippen molar-refractivity contribution in [2.45, 2.75) is 37.5 Å². The Morgan fingerprint density at radius 3 is 2.52 bits per heavy atom. The zero-order valence-corrected chi connectivity index (χ0v) is 17.7. The average molecular weight is 468 g/mol. The number of nitrogens with one attached hydrogen (secondary N) is 1. The molecule has 33 heavy (non-hydrogen) atoms. The molecule has 5 nitrogen and oxygen atoms in total. The van der Waals surface area contributed by atoms with Crippen molar-refractivity contribution in [1.82, 2.24) is 4.98 Å². The topological polar surface area (TPSA) is 74.7 Å². The Morgan fingerprint density at radius 1 is 1.15 bits per heavy atom. The molecule has 0 aliphatic heterocycles. The number of H-pyrrole nitrogens is 1. The van der Waals surface area contributed by atoms with E-state index in [1.54, 1.807) is 13.0 Å². The van der Waals surface area contributed by atoms with Crippen molar-refractivity contribution in [2.24, 2.45) is 4.99 Å². The number of rotatable bonds is 7. The number of hydrogen-bond donors (Lipinski definition) is 2. The van der Waals surface area contributed by atoms with E-state index in [1.807, 2.05) is 0 Å². The second-order valence-electron chi connectivity index (χ2n) is 7.53. The Hall–Kier alpha value is -3.27. The minimum Gasteiger partial charge on any atom is -0.493 e. The Morgan fingerprint density at radius 2 is 1.88 bits per heavy atom. The van der Waals surface area contributed by atoms with E-state index in [0.29, 0.717) is 17.1 Å². The van der Waals surface area contributed by atoms with Gasteiger partial charge < -0.3 is 14.8 Å². The van der Waals surface area contributed by atoms with Crippen LogP contribution in [0.4, 0.5) is 27.6 Å². The lowest BCUT2D eigenvalue weighted by Gasteiger charge is -2.31. The van der Waals surface area contributed by atoms with Gasteiger partial charge in [0.15, 0.2) is 17.2 Å². The van der Waals surface area contributed by atoms with Crippen LogP contribution in [-0.4, -0.2) is 35.2 Å². The fourth-order valence-electron chi connectivity index (χ4n) is 3.63. The number of hydrogen-bond acceptors (Lipinski definition) is 4. The number of fused-ring (bicyclic) bond motifs is 1. The van der Waals surface area contributed by atoms with E-state index in [0.717, 1.165) is 19.2 Å². The minimum atomic E-state index is -5.12. The number of aliphatic imine (C=N–C) groups is 1. The molecule has 0 saturated carbocycles. The van der Waals surface area contributed by atoms with Gasteiger partial charge in [-0.05, 0) is 43.0 Å². The van der Waals surface area contributed by atoms with Crippen molar-refractivity contribution in [1.29, 1.82) is 0 Å². The van der Waals surface area contributed by atoms with E-state index in [2.05, 4.69) is 9.98 Å². The van der Waals surface area contributed by atoms with Gasteiger partial charge in [-0.15, -0.1) is 0 Å². The highest BCUT2D eigenvalue weighted by atomic mass is 19.4. The van der Waals surface area contributed by atoms with Crippen LogP contribution >= 0.6 is 0 Å². The second-order valence-corrected chi connectivity index (χ2v) is 7.53. The molecule has 1 aromatic heterocycles. The lowest BCUT2D eigenvalue weighted by Crippen LogP contribution is -2.47. The van der Waals surface area contributed by atoms with Gasteiger partial charge in [-0.2, -0.15) is 17.6 Å². The van der Waals surface area contributed by atoms with E-state index >= 15 is 0 Å². The average Bonchev–Trinajstić information content (AvgIpc) is 2.76. The summed E-state index contributed by atoms with van der Waals surface area (Å²) >= 11 is 0. The number of benzene rings is 2. The van der Waals surface area contributed by atoms with Gasteiger partial charge in [-0.3, -0.25) is 9.79 Å². The molecule has 3 rings (SSSR count). The first-order chi connectivity index (χ1) is 15.5.